The van der Waals surface area contributed by atoms with Crippen molar-refractivity contribution >= 4 is 27.1 Å². The normalized spacial score (nSPS) is 16.9. The molecule has 0 amide bonds. The molecule has 0 aromatic heterocycles. The van der Waals surface area contributed by atoms with E-state index in [1.165, 1.54) is 0 Å². The van der Waals surface area contributed by atoms with Gasteiger partial charge in [-0.1, -0.05) is 24.2 Å². The van der Waals surface area contributed by atoms with Crippen molar-refractivity contribution in [1.29, 1.82) is 0 Å². The van der Waals surface area contributed by atoms with Gasteiger partial charge in [-0.3, -0.25) is 0 Å². The summed E-state index contributed by atoms with van der Waals surface area (Å²) in [5.41, 5.74) is 0.722. The molecule has 2 rings (SSSR count). The summed E-state index contributed by atoms with van der Waals surface area (Å²) in [5.74, 6) is 0. The minimum absolute atomic E-state index is 0.342. The van der Waals surface area contributed by atoms with Gasteiger partial charge in [0.05, 0.1) is 16.7 Å². The predicted octanol–water partition coefficient (Wildman–Crippen LogP) is 2.80. The smallest absolute Gasteiger partial charge is 0.181 e. The van der Waals surface area contributed by atoms with Gasteiger partial charge in [-0.15, -0.1) is 0 Å². The Morgan fingerprint density at radius 2 is 2.10 bits per heavy atom. The van der Waals surface area contributed by atoms with Gasteiger partial charge in [0.15, 0.2) is 9.84 Å². The van der Waals surface area contributed by atoms with Crippen molar-refractivity contribution < 1.29 is 13.2 Å². The highest BCUT2D eigenvalue weighted by molar-refractivity contribution is 7.92. The minimum Gasteiger partial charge on any atom is -0.381 e. The van der Waals surface area contributed by atoms with E-state index in [2.05, 4.69) is 11.9 Å². The molecule has 1 aliphatic heterocycles. The zero-order valence-corrected chi connectivity index (χ0v) is 12.7. The lowest BCUT2D eigenvalue weighted by atomic mass is 10.2. The standard InChI is InChI=1S/C14H18ClNO3S/c1-11(15)10-16-12-3-2-4-14(9-12)20(17,18)13-5-7-19-8-6-13/h2-4,9,13,16H,1,5-8,10H2. The highest BCUT2D eigenvalue weighted by atomic mass is 35.5. The summed E-state index contributed by atoms with van der Waals surface area (Å²) < 4.78 is 30.3. The van der Waals surface area contributed by atoms with Gasteiger partial charge >= 0.3 is 0 Å². The van der Waals surface area contributed by atoms with E-state index in [1.807, 2.05) is 6.07 Å². The van der Waals surface area contributed by atoms with Crippen molar-refractivity contribution in [2.75, 3.05) is 25.1 Å². The van der Waals surface area contributed by atoms with Crippen LogP contribution in [-0.2, 0) is 14.6 Å². The van der Waals surface area contributed by atoms with E-state index in [0.29, 0.717) is 42.5 Å². The maximum Gasteiger partial charge on any atom is 0.181 e. The van der Waals surface area contributed by atoms with Crippen LogP contribution in [-0.4, -0.2) is 33.4 Å². The van der Waals surface area contributed by atoms with Crippen molar-refractivity contribution in [3.05, 3.63) is 35.9 Å². The van der Waals surface area contributed by atoms with Crippen LogP contribution >= 0.6 is 11.6 Å². The van der Waals surface area contributed by atoms with Gasteiger partial charge in [0.1, 0.15) is 0 Å². The van der Waals surface area contributed by atoms with Crippen LogP contribution < -0.4 is 5.32 Å². The molecular weight excluding hydrogens is 298 g/mol. The summed E-state index contributed by atoms with van der Waals surface area (Å²) in [6.07, 6.45) is 1.11. The van der Waals surface area contributed by atoms with E-state index in [0.717, 1.165) is 5.69 Å². The Bertz CT molecular complexity index is 580. The zero-order valence-electron chi connectivity index (χ0n) is 11.1. The van der Waals surface area contributed by atoms with Gasteiger partial charge < -0.3 is 10.1 Å². The van der Waals surface area contributed by atoms with Crippen molar-refractivity contribution in [3.8, 4) is 0 Å². The molecule has 0 bridgehead atoms. The Morgan fingerprint density at radius 1 is 1.40 bits per heavy atom. The molecule has 110 valence electrons. The molecule has 1 aliphatic rings. The third-order valence-corrected chi connectivity index (χ3v) is 5.65. The summed E-state index contributed by atoms with van der Waals surface area (Å²) in [7, 11) is -3.30. The Morgan fingerprint density at radius 3 is 2.75 bits per heavy atom. The molecule has 0 radical (unpaired) electrons. The van der Waals surface area contributed by atoms with E-state index in [-0.39, 0.29) is 5.25 Å². The van der Waals surface area contributed by atoms with Gasteiger partial charge in [0.25, 0.3) is 0 Å². The monoisotopic (exact) mass is 315 g/mol. The van der Waals surface area contributed by atoms with Crippen LogP contribution in [0.2, 0.25) is 0 Å². The first-order valence-electron chi connectivity index (χ1n) is 6.49. The summed E-state index contributed by atoms with van der Waals surface area (Å²) in [5, 5.41) is 3.16. The average molecular weight is 316 g/mol. The van der Waals surface area contributed by atoms with Crippen molar-refractivity contribution in [2.24, 2.45) is 0 Å². The second-order valence-electron chi connectivity index (χ2n) is 4.76. The molecule has 1 aromatic rings. The summed E-state index contributed by atoms with van der Waals surface area (Å²) in [6, 6.07) is 6.81. The quantitative estimate of drug-likeness (QED) is 0.908. The molecular formula is C14H18ClNO3S. The molecule has 1 saturated heterocycles. The van der Waals surface area contributed by atoms with Crippen LogP contribution in [0.1, 0.15) is 12.8 Å². The lowest BCUT2D eigenvalue weighted by Gasteiger charge is -2.22. The number of hydrogen-bond donors (Lipinski definition) is 1. The van der Waals surface area contributed by atoms with E-state index < -0.39 is 9.84 Å². The fourth-order valence-electron chi connectivity index (χ4n) is 2.16. The van der Waals surface area contributed by atoms with Gasteiger partial charge in [0, 0.05) is 23.9 Å². The Labute approximate surface area is 124 Å². The first-order chi connectivity index (χ1) is 9.50. The Balaban J connectivity index is 2.18. The lowest BCUT2D eigenvalue weighted by molar-refractivity contribution is 0.0983. The highest BCUT2D eigenvalue weighted by Gasteiger charge is 2.29. The van der Waals surface area contributed by atoms with E-state index in [9.17, 15) is 8.42 Å². The summed E-state index contributed by atoms with van der Waals surface area (Å²) in [6.45, 7) is 5.01. The third-order valence-electron chi connectivity index (χ3n) is 3.25. The molecule has 6 heteroatoms. The highest BCUT2D eigenvalue weighted by Crippen LogP contribution is 2.25. The molecule has 0 aliphatic carbocycles. The first kappa shape index (κ1) is 15.4. The molecule has 0 spiro atoms. The van der Waals surface area contributed by atoms with Crippen LogP contribution in [0.15, 0.2) is 40.8 Å². The number of ether oxygens (including phenoxy) is 1. The fraction of sp³-hybridized carbons (Fsp3) is 0.429. The van der Waals surface area contributed by atoms with Gasteiger partial charge in [0.2, 0.25) is 0 Å². The van der Waals surface area contributed by atoms with E-state index in [4.69, 9.17) is 16.3 Å². The zero-order chi connectivity index (χ0) is 14.6. The number of rotatable bonds is 5. The number of anilines is 1. The maximum absolute atomic E-state index is 12.6. The largest absolute Gasteiger partial charge is 0.381 e. The Kier molecular flexibility index (Phi) is 5.07. The number of sulfone groups is 1. The molecule has 0 unspecified atom stereocenters. The fourth-order valence-corrected chi connectivity index (χ4v) is 3.98. The summed E-state index contributed by atoms with van der Waals surface area (Å²) in [4.78, 5) is 0.342. The van der Waals surface area contributed by atoms with Gasteiger partial charge in [-0.2, -0.15) is 0 Å². The minimum atomic E-state index is -3.30. The number of nitrogens with one attached hydrogen (secondary N) is 1. The van der Waals surface area contributed by atoms with Crippen LogP contribution in [0.5, 0.6) is 0 Å². The van der Waals surface area contributed by atoms with Crippen LogP contribution in [0.4, 0.5) is 5.69 Å². The lowest BCUT2D eigenvalue weighted by Crippen LogP contribution is -2.29. The maximum atomic E-state index is 12.6. The number of hydrogen-bond acceptors (Lipinski definition) is 4. The summed E-state index contributed by atoms with van der Waals surface area (Å²) >= 11 is 5.69. The molecule has 1 N–H and O–H groups in total. The number of benzene rings is 1. The van der Waals surface area contributed by atoms with Crippen molar-refractivity contribution in [2.45, 2.75) is 23.0 Å². The predicted molar refractivity (Wildman–Crippen MR) is 81.0 cm³/mol. The van der Waals surface area contributed by atoms with Gasteiger partial charge in [-0.25, -0.2) is 8.42 Å². The van der Waals surface area contributed by atoms with Gasteiger partial charge in [-0.05, 0) is 31.0 Å². The van der Waals surface area contributed by atoms with E-state index >= 15 is 0 Å². The third kappa shape index (κ3) is 3.75. The first-order valence-corrected chi connectivity index (χ1v) is 8.41. The van der Waals surface area contributed by atoms with Crippen LogP contribution in [0.3, 0.4) is 0 Å². The van der Waals surface area contributed by atoms with Crippen molar-refractivity contribution in [3.63, 3.8) is 0 Å². The van der Waals surface area contributed by atoms with E-state index in [1.54, 1.807) is 18.2 Å². The molecule has 0 atom stereocenters. The molecule has 4 nitrogen and oxygen atoms in total. The Hall–Kier alpha value is -1.04. The van der Waals surface area contributed by atoms with Crippen LogP contribution in [0, 0.1) is 0 Å². The molecule has 1 heterocycles. The second-order valence-corrected chi connectivity index (χ2v) is 7.52. The molecule has 1 aromatic carbocycles. The second kappa shape index (κ2) is 6.61. The molecule has 20 heavy (non-hydrogen) atoms. The number of halogens is 1. The van der Waals surface area contributed by atoms with Crippen molar-refractivity contribution in [1.82, 2.24) is 0 Å². The molecule has 0 saturated carbocycles. The van der Waals surface area contributed by atoms with Crippen LogP contribution in [0.25, 0.3) is 0 Å². The topological polar surface area (TPSA) is 55.4 Å². The molecule has 1 fully saturated rings. The average Bonchev–Trinajstić information content (AvgIpc) is 2.46. The SMILES string of the molecule is C=C(Cl)CNc1cccc(S(=O)(=O)C2CCOCC2)c1.